The van der Waals surface area contributed by atoms with E-state index in [2.05, 4.69) is 147 Å². The summed E-state index contributed by atoms with van der Waals surface area (Å²) < 4.78 is 0. The van der Waals surface area contributed by atoms with Gasteiger partial charge in [-0.2, -0.15) is 0 Å². The monoisotopic (exact) mass is 524 g/mol. The fourth-order valence-corrected chi connectivity index (χ4v) is 6.74. The number of nitrogens with zero attached hydrogens (tertiary/aromatic N) is 2. The summed E-state index contributed by atoms with van der Waals surface area (Å²) in [6, 6.07) is 47.4. The minimum absolute atomic E-state index is 0.276. The first kappa shape index (κ1) is 23.8. The van der Waals surface area contributed by atoms with Crippen molar-refractivity contribution >= 4 is 21.5 Å². The molecule has 1 aliphatic carbocycles. The van der Waals surface area contributed by atoms with Gasteiger partial charge in [0.25, 0.3) is 0 Å². The smallest absolute Gasteiger partial charge is 0.160 e. The molecule has 1 aliphatic rings. The van der Waals surface area contributed by atoms with Crippen molar-refractivity contribution < 1.29 is 0 Å². The van der Waals surface area contributed by atoms with E-state index in [4.69, 9.17) is 9.97 Å². The number of hydrogen-bond donors (Lipinski definition) is 0. The Hall–Kier alpha value is -5.08. The second kappa shape index (κ2) is 8.97. The van der Waals surface area contributed by atoms with E-state index < -0.39 is 0 Å². The fraction of sp³-hybridized carbons (Fsp3) is 0.0769. The molecule has 6 aromatic carbocycles. The molecule has 0 fully saturated rings. The molecule has 41 heavy (non-hydrogen) atoms. The van der Waals surface area contributed by atoms with Crippen LogP contribution in [0, 0.1) is 0 Å². The predicted octanol–water partition coefficient (Wildman–Crippen LogP) is 10.1. The zero-order chi connectivity index (χ0) is 27.6. The Kier molecular flexibility index (Phi) is 5.20. The second-order valence-electron chi connectivity index (χ2n) is 11.4. The molecule has 2 nitrogen and oxygen atoms in total. The van der Waals surface area contributed by atoms with E-state index in [0.29, 0.717) is 0 Å². The molecular formula is C39H28N2. The third kappa shape index (κ3) is 3.64. The van der Waals surface area contributed by atoms with E-state index in [1.54, 1.807) is 0 Å². The third-order valence-electron chi connectivity index (χ3n) is 8.62. The lowest BCUT2D eigenvalue weighted by Gasteiger charge is -2.25. The van der Waals surface area contributed by atoms with Gasteiger partial charge in [-0.25, -0.2) is 9.97 Å². The number of fused-ring (bicyclic) bond motifs is 6. The topological polar surface area (TPSA) is 25.8 Å². The number of aromatic nitrogens is 2. The Labute approximate surface area is 240 Å². The van der Waals surface area contributed by atoms with Crippen LogP contribution in [0.2, 0.25) is 0 Å². The summed E-state index contributed by atoms with van der Waals surface area (Å²) in [7, 11) is 0. The van der Waals surface area contributed by atoms with Gasteiger partial charge in [-0.3, -0.25) is 0 Å². The van der Waals surface area contributed by atoms with Gasteiger partial charge < -0.3 is 0 Å². The standard InChI is InChI=1S/C39H28N2/c1-39(2)34-31-20-9-7-15-27(31)22-23-33(34)37-35(39)36(32-21-11-16-26-14-6-8-19-30(26)32)40-38(41-37)29-18-10-17-28(24-29)25-12-4-3-5-13-25/h3-24H,1-2H3. The Balaban J connectivity index is 1.45. The molecule has 7 aromatic rings. The lowest BCUT2D eigenvalue weighted by molar-refractivity contribution is 0.663. The second-order valence-corrected chi connectivity index (χ2v) is 11.4. The first-order chi connectivity index (χ1) is 20.1. The molecule has 2 heteroatoms. The van der Waals surface area contributed by atoms with Crippen LogP contribution < -0.4 is 0 Å². The molecule has 0 amide bonds. The summed E-state index contributed by atoms with van der Waals surface area (Å²) in [5.41, 5.74) is 10.0. The molecule has 0 N–H and O–H groups in total. The Morgan fingerprint density at radius 3 is 1.83 bits per heavy atom. The van der Waals surface area contributed by atoms with E-state index in [-0.39, 0.29) is 5.41 Å². The van der Waals surface area contributed by atoms with Gasteiger partial charge in [-0.15, -0.1) is 0 Å². The molecule has 194 valence electrons. The lowest BCUT2D eigenvalue weighted by atomic mass is 9.78. The van der Waals surface area contributed by atoms with Crippen molar-refractivity contribution in [2.45, 2.75) is 19.3 Å². The molecule has 0 saturated carbocycles. The van der Waals surface area contributed by atoms with Crippen LogP contribution >= 0.6 is 0 Å². The Morgan fingerprint density at radius 1 is 0.439 bits per heavy atom. The molecule has 0 spiro atoms. The van der Waals surface area contributed by atoms with Crippen LogP contribution in [0.5, 0.6) is 0 Å². The summed E-state index contributed by atoms with van der Waals surface area (Å²) in [5, 5.41) is 4.95. The average Bonchev–Trinajstić information content (AvgIpc) is 3.27. The fourth-order valence-electron chi connectivity index (χ4n) is 6.74. The highest BCUT2D eigenvalue weighted by atomic mass is 14.9. The van der Waals surface area contributed by atoms with E-state index in [1.807, 2.05) is 0 Å². The highest BCUT2D eigenvalue weighted by Crippen LogP contribution is 2.54. The Morgan fingerprint density at radius 2 is 1.02 bits per heavy atom. The van der Waals surface area contributed by atoms with Crippen molar-refractivity contribution in [3.8, 4) is 45.0 Å². The van der Waals surface area contributed by atoms with Crippen molar-refractivity contribution in [2.24, 2.45) is 0 Å². The molecule has 1 heterocycles. The largest absolute Gasteiger partial charge is 0.228 e. The van der Waals surface area contributed by atoms with Crippen molar-refractivity contribution in [3.63, 3.8) is 0 Å². The van der Waals surface area contributed by atoms with Crippen LogP contribution in [-0.4, -0.2) is 9.97 Å². The van der Waals surface area contributed by atoms with E-state index in [1.165, 1.54) is 43.8 Å². The van der Waals surface area contributed by atoms with Crippen molar-refractivity contribution in [1.82, 2.24) is 9.97 Å². The van der Waals surface area contributed by atoms with Crippen LogP contribution in [0.4, 0.5) is 0 Å². The quantitative estimate of drug-likeness (QED) is 0.230. The first-order valence-corrected chi connectivity index (χ1v) is 14.2. The molecule has 0 saturated heterocycles. The predicted molar refractivity (Wildman–Crippen MR) is 171 cm³/mol. The van der Waals surface area contributed by atoms with Crippen LogP contribution in [0.25, 0.3) is 66.6 Å². The normalized spacial score (nSPS) is 13.3. The summed E-state index contributed by atoms with van der Waals surface area (Å²) in [5.74, 6) is 0.751. The van der Waals surface area contributed by atoms with Crippen LogP contribution in [-0.2, 0) is 5.41 Å². The maximum atomic E-state index is 5.42. The van der Waals surface area contributed by atoms with Crippen molar-refractivity contribution in [3.05, 3.63) is 145 Å². The zero-order valence-corrected chi connectivity index (χ0v) is 23.1. The van der Waals surface area contributed by atoms with Crippen LogP contribution in [0.15, 0.2) is 133 Å². The minimum atomic E-state index is -0.276. The van der Waals surface area contributed by atoms with Gasteiger partial charge in [0.15, 0.2) is 5.82 Å². The van der Waals surface area contributed by atoms with Gasteiger partial charge in [-0.05, 0) is 44.3 Å². The average molecular weight is 525 g/mol. The zero-order valence-electron chi connectivity index (χ0n) is 23.1. The maximum Gasteiger partial charge on any atom is 0.160 e. The van der Waals surface area contributed by atoms with E-state index in [0.717, 1.165) is 33.9 Å². The molecule has 0 aliphatic heterocycles. The van der Waals surface area contributed by atoms with Gasteiger partial charge in [-0.1, -0.05) is 141 Å². The molecule has 8 rings (SSSR count). The van der Waals surface area contributed by atoms with Gasteiger partial charge in [0.05, 0.1) is 11.4 Å². The SMILES string of the molecule is CC1(C)c2c(nc(-c3cccc(-c4ccccc4)c3)nc2-c2cccc3ccccc23)-c2ccc3ccccc3c21. The van der Waals surface area contributed by atoms with Crippen molar-refractivity contribution in [2.75, 3.05) is 0 Å². The van der Waals surface area contributed by atoms with E-state index in [9.17, 15) is 0 Å². The molecule has 1 aromatic heterocycles. The van der Waals surface area contributed by atoms with Crippen LogP contribution in [0.1, 0.15) is 25.0 Å². The number of hydrogen-bond acceptors (Lipinski definition) is 2. The third-order valence-corrected chi connectivity index (χ3v) is 8.62. The number of benzene rings is 6. The van der Waals surface area contributed by atoms with E-state index >= 15 is 0 Å². The Bertz CT molecular complexity index is 2120. The van der Waals surface area contributed by atoms with Gasteiger partial charge in [0.1, 0.15) is 0 Å². The highest BCUT2D eigenvalue weighted by molar-refractivity contribution is 6.02. The first-order valence-electron chi connectivity index (χ1n) is 14.2. The summed E-state index contributed by atoms with van der Waals surface area (Å²) >= 11 is 0. The lowest BCUT2D eigenvalue weighted by Crippen LogP contribution is -2.18. The molecule has 0 radical (unpaired) electrons. The minimum Gasteiger partial charge on any atom is -0.228 e. The van der Waals surface area contributed by atoms with Gasteiger partial charge >= 0.3 is 0 Å². The molecule has 0 bridgehead atoms. The maximum absolute atomic E-state index is 5.42. The van der Waals surface area contributed by atoms with Gasteiger partial charge in [0.2, 0.25) is 0 Å². The highest BCUT2D eigenvalue weighted by Gasteiger charge is 2.41. The van der Waals surface area contributed by atoms with Gasteiger partial charge in [0, 0.05) is 27.7 Å². The summed E-state index contributed by atoms with van der Waals surface area (Å²) in [6.45, 7) is 4.66. The summed E-state index contributed by atoms with van der Waals surface area (Å²) in [4.78, 5) is 10.8. The van der Waals surface area contributed by atoms with Crippen LogP contribution in [0.3, 0.4) is 0 Å². The molecule has 0 atom stereocenters. The number of rotatable bonds is 3. The van der Waals surface area contributed by atoms with Crippen molar-refractivity contribution in [1.29, 1.82) is 0 Å². The summed E-state index contributed by atoms with van der Waals surface area (Å²) in [6.07, 6.45) is 0. The molecular weight excluding hydrogens is 496 g/mol. The molecule has 0 unspecified atom stereocenters.